The molecule has 0 atom stereocenters. The van der Waals surface area contributed by atoms with Gasteiger partial charge in [-0.2, -0.15) is 0 Å². The fraction of sp³-hybridized carbons (Fsp3) is 0.222. The van der Waals surface area contributed by atoms with E-state index in [0.29, 0.717) is 11.0 Å². The van der Waals surface area contributed by atoms with Crippen LogP contribution in [0, 0.1) is 0 Å². The van der Waals surface area contributed by atoms with Crippen LogP contribution >= 0.6 is 22.9 Å². The highest BCUT2D eigenvalue weighted by Crippen LogP contribution is 2.30. The Balaban J connectivity index is 1.73. The summed E-state index contributed by atoms with van der Waals surface area (Å²) in [6.45, 7) is 1.04. The van der Waals surface area contributed by atoms with Crippen LogP contribution in [0.15, 0.2) is 48.0 Å². The maximum Gasteiger partial charge on any atom is 0.227 e. The van der Waals surface area contributed by atoms with Crippen molar-refractivity contribution in [2.45, 2.75) is 6.42 Å². The van der Waals surface area contributed by atoms with Gasteiger partial charge in [-0.05, 0) is 49.7 Å². The van der Waals surface area contributed by atoms with E-state index in [-0.39, 0.29) is 0 Å². The maximum atomic E-state index is 6.22. The second-order valence-corrected chi connectivity index (χ2v) is 7.10. The summed E-state index contributed by atoms with van der Waals surface area (Å²) >= 11 is 7.83. The molecule has 0 spiro atoms. The highest BCUT2D eigenvalue weighted by molar-refractivity contribution is 7.13. The molecule has 0 unspecified atom stereocenters. The molecule has 0 amide bonds. The van der Waals surface area contributed by atoms with Gasteiger partial charge in [0.15, 0.2) is 0 Å². The molecule has 0 aliphatic heterocycles. The van der Waals surface area contributed by atoms with E-state index in [4.69, 9.17) is 11.6 Å². The maximum absolute atomic E-state index is 6.22. The molecule has 0 bridgehead atoms. The van der Waals surface area contributed by atoms with Crippen LogP contribution in [-0.2, 0) is 6.42 Å². The topological polar surface area (TPSA) is 41.0 Å². The molecule has 0 radical (unpaired) electrons. The first-order valence-electron chi connectivity index (χ1n) is 7.69. The molecule has 2 aromatic heterocycles. The number of benzene rings is 1. The number of aromatic nitrogens is 2. The van der Waals surface area contributed by atoms with Crippen molar-refractivity contribution in [3.05, 3.63) is 58.6 Å². The van der Waals surface area contributed by atoms with Gasteiger partial charge in [-0.15, -0.1) is 11.3 Å². The van der Waals surface area contributed by atoms with Gasteiger partial charge in [0, 0.05) is 12.2 Å². The third-order valence-corrected chi connectivity index (χ3v) is 4.71. The summed E-state index contributed by atoms with van der Waals surface area (Å²) < 4.78 is 0. The lowest BCUT2D eigenvalue weighted by Gasteiger charge is -2.10. The molecule has 1 aromatic carbocycles. The van der Waals surface area contributed by atoms with Gasteiger partial charge in [0.2, 0.25) is 5.95 Å². The minimum Gasteiger partial charge on any atom is -0.324 e. The van der Waals surface area contributed by atoms with Crippen LogP contribution in [0.3, 0.4) is 0 Å². The van der Waals surface area contributed by atoms with Gasteiger partial charge >= 0.3 is 0 Å². The second-order valence-electron chi connectivity index (χ2n) is 5.74. The number of thiophene rings is 1. The Bertz CT molecular complexity index is 785. The quantitative estimate of drug-likeness (QED) is 0.693. The largest absolute Gasteiger partial charge is 0.324 e. The minimum atomic E-state index is 0.545. The zero-order valence-electron chi connectivity index (χ0n) is 13.7. The molecule has 0 fully saturated rings. The van der Waals surface area contributed by atoms with Crippen molar-refractivity contribution in [3.63, 3.8) is 0 Å². The van der Waals surface area contributed by atoms with Crippen LogP contribution in [0.5, 0.6) is 0 Å². The Labute approximate surface area is 151 Å². The number of hydrogen-bond donors (Lipinski definition) is 1. The molecule has 0 saturated carbocycles. The van der Waals surface area contributed by atoms with E-state index >= 15 is 0 Å². The van der Waals surface area contributed by atoms with Crippen LogP contribution in [0.2, 0.25) is 5.02 Å². The lowest BCUT2D eigenvalue weighted by atomic mass is 10.1. The first-order valence-corrected chi connectivity index (χ1v) is 8.95. The monoisotopic (exact) mass is 358 g/mol. The Morgan fingerprint density at radius 2 is 1.96 bits per heavy atom. The molecule has 0 aliphatic rings. The summed E-state index contributed by atoms with van der Waals surface area (Å²) in [4.78, 5) is 12.0. The van der Waals surface area contributed by atoms with Crippen LogP contribution in [0.25, 0.3) is 10.6 Å². The van der Waals surface area contributed by atoms with Gasteiger partial charge in [-0.3, -0.25) is 0 Å². The fourth-order valence-corrected chi connectivity index (χ4v) is 3.23. The summed E-state index contributed by atoms with van der Waals surface area (Å²) in [5, 5.41) is 5.80. The molecule has 3 aromatic rings. The Morgan fingerprint density at radius 3 is 2.62 bits per heavy atom. The van der Waals surface area contributed by atoms with E-state index in [9.17, 15) is 0 Å². The minimum absolute atomic E-state index is 0.545. The summed E-state index contributed by atoms with van der Waals surface area (Å²) in [6.07, 6.45) is 2.67. The van der Waals surface area contributed by atoms with Crippen LogP contribution in [-0.4, -0.2) is 35.5 Å². The lowest BCUT2D eigenvalue weighted by molar-refractivity contribution is 0.413. The van der Waals surface area contributed by atoms with Gasteiger partial charge in [0.05, 0.1) is 16.1 Å². The Kier molecular flexibility index (Phi) is 5.45. The van der Waals surface area contributed by atoms with Gasteiger partial charge in [0.25, 0.3) is 0 Å². The second kappa shape index (κ2) is 7.75. The zero-order valence-corrected chi connectivity index (χ0v) is 15.2. The van der Waals surface area contributed by atoms with E-state index in [1.165, 1.54) is 5.56 Å². The summed E-state index contributed by atoms with van der Waals surface area (Å²) in [6, 6.07) is 12.3. The number of halogens is 1. The average Bonchev–Trinajstić information content (AvgIpc) is 3.10. The van der Waals surface area contributed by atoms with Crippen LogP contribution in [0.4, 0.5) is 11.6 Å². The molecule has 4 nitrogen and oxygen atoms in total. The first-order chi connectivity index (χ1) is 11.6. The third kappa shape index (κ3) is 4.32. The molecular weight excluding hydrogens is 340 g/mol. The van der Waals surface area contributed by atoms with Crippen molar-refractivity contribution in [2.24, 2.45) is 0 Å². The van der Waals surface area contributed by atoms with Crippen LogP contribution < -0.4 is 5.32 Å². The molecule has 0 saturated heterocycles. The molecule has 1 N–H and O–H groups in total. The third-order valence-electron chi connectivity index (χ3n) is 3.56. The standard InChI is InChI=1S/C18H19ClN4S/c1-23(2)10-9-13-5-7-14(8-6-13)21-18-20-12-15(19)17(22-18)16-4-3-11-24-16/h3-8,11-12H,9-10H2,1-2H3,(H,20,21,22). The number of likely N-dealkylation sites (N-methyl/N-ethyl adjacent to an activating group) is 1. The first kappa shape index (κ1) is 16.9. The Morgan fingerprint density at radius 1 is 1.17 bits per heavy atom. The predicted octanol–water partition coefficient (Wildman–Crippen LogP) is 4.71. The SMILES string of the molecule is CN(C)CCc1ccc(Nc2ncc(Cl)c(-c3cccs3)n2)cc1. The molecular formula is C18H19ClN4S. The number of hydrogen-bond acceptors (Lipinski definition) is 5. The van der Waals surface area contributed by atoms with E-state index in [1.807, 2.05) is 29.6 Å². The molecule has 3 rings (SSSR count). The Hall–Kier alpha value is -1.95. The number of rotatable bonds is 6. The number of anilines is 2. The lowest BCUT2D eigenvalue weighted by Crippen LogP contribution is -2.14. The molecule has 0 aliphatic carbocycles. The molecule has 124 valence electrons. The highest BCUT2D eigenvalue weighted by atomic mass is 35.5. The van der Waals surface area contributed by atoms with Crippen molar-refractivity contribution in [1.82, 2.24) is 14.9 Å². The van der Waals surface area contributed by atoms with Crippen molar-refractivity contribution < 1.29 is 0 Å². The number of nitrogens with one attached hydrogen (secondary N) is 1. The van der Waals surface area contributed by atoms with E-state index < -0.39 is 0 Å². The van der Waals surface area contributed by atoms with Gasteiger partial charge < -0.3 is 10.2 Å². The smallest absolute Gasteiger partial charge is 0.227 e. The van der Waals surface area contributed by atoms with Crippen molar-refractivity contribution in [2.75, 3.05) is 26.0 Å². The highest BCUT2D eigenvalue weighted by Gasteiger charge is 2.09. The zero-order chi connectivity index (χ0) is 16.9. The number of nitrogens with zero attached hydrogens (tertiary/aromatic N) is 3. The van der Waals surface area contributed by atoms with Crippen molar-refractivity contribution in [1.29, 1.82) is 0 Å². The van der Waals surface area contributed by atoms with Gasteiger partial charge in [-0.1, -0.05) is 29.8 Å². The summed E-state index contributed by atoms with van der Waals surface area (Å²) in [5.41, 5.74) is 3.03. The average molecular weight is 359 g/mol. The van der Waals surface area contributed by atoms with E-state index in [1.54, 1.807) is 17.5 Å². The van der Waals surface area contributed by atoms with Crippen LogP contribution in [0.1, 0.15) is 5.56 Å². The van der Waals surface area contributed by atoms with E-state index in [0.717, 1.165) is 29.2 Å². The molecule has 24 heavy (non-hydrogen) atoms. The normalized spacial score (nSPS) is 11.0. The molecule has 6 heteroatoms. The predicted molar refractivity (Wildman–Crippen MR) is 102 cm³/mol. The van der Waals surface area contributed by atoms with E-state index in [2.05, 4.69) is 46.4 Å². The van der Waals surface area contributed by atoms with Gasteiger partial charge in [0.1, 0.15) is 5.69 Å². The summed E-state index contributed by atoms with van der Waals surface area (Å²) in [5.74, 6) is 0.545. The van der Waals surface area contributed by atoms with Crippen molar-refractivity contribution in [3.8, 4) is 10.6 Å². The summed E-state index contributed by atoms with van der Waals surface area (Å²) in [7, 11) is 4.16. The van der Waals surface area contributed by atoms with Gasteiger partial charge in [-0.25, -0.2) is 9.97 Å². The fourth-order valence-electron chi connectivity index (χ4n) is 2.25. The van der Waals surface area contributed by atoms with Crippen molar-refractivity contribution >= 4 is 34.6 Å². The molecule has 2 heterocycles.